The molecule has 3 aromatic carbocycles. The van der Waals surface area contributed by atoms with Crippen molar-refractivity contribution in [2.45, 2.75) is 0 Å². The van der Waals surface area contributed by atoms with Gasteiger partial charge >= 0.3 is 0 Å². The van der Waals surface area contributed by atoms with E-state index < -0.39 is 0 Å². The third-order valence-corrected chi connectivity index (χ3v) is 5.63. The van der Waals surface area contributed by atoms with Crippen LogP contribution < -0.4 is 5.32 Å². The standard InChI is InChI=1S/C28H21ClN2/c29-28-16-26(22-7-1-5-20(13-22)24-9-3-11-30-18-24)15-27(17-28)23-8-2-6-21(14-23)25-10-4-12-31-19-25/h1-11,13-19,31H,12H2. The molecule has 4 aromatic rings. The number of aromatic nitrogens is 1. The molecule has 1 N–H and O–H groups in total. The molecule has 0 amide bonds. The van der Waals surface area contributed by atoms with Crippen LogP contribution >= 0.6 is 11.6 Å². The lowest BCUT2D eigenvalue weighted by Crippen LogP contribution is -2.08. The van der Waals surface area contributed by atoms with Crippen LogP contribution in [0.15, 0.2) is 110 Å². The maximum absolute atomic E-state index is 6.55. The average molecular weight is 421 g/mol. The highest BCUT2D eigenvalue weighted by atomic mass is 35.5. The molecule has 0 fully saturated rings. The second-order valence-electron chi connectivity index (χ2n) is 7.54. The second kappa shape index (κ2) is 8.63. The molecule has 0 unspecified atom stereocenters. The van der Waals surface area contributed by atoms with Gasteiger partial charge in [-0.3, -0.25) is 4.98 Å². The number of dihydropyridines is 1. The molecular formula is C28H21ClN2. The Bertz CT molecular complexity index is 1290. The number of benzene rings is 3. The van der Waals surface area contributed by atoms with E-state index in [1.807, 2.05) is 24.4 Å². The summed E-state index contributed by atoms with van der Waals surface area (Å²) in [5.41, 5.74) is 9.06. The van der Waals surface area contributed by atoms with E-state index in [4.69, 9.17) is 11.6 Å². The number of nitrogens with one attached hydrogen (secondary N) is 1. The molecule has 0 saturated carbocycles. The summed E-state index contributed by atoms with van der Waals surface area (Å²) in [7, 11) is 0. The van der Waals surface area contributed by atoms with Gasteiger partial charge in [0.1, 0.15) is 0 Å². The number of nitrogens with zero attached hydrogens (tertiary/aromatic N) is 1. The fraction of sp³-hybridized carbons (Fsp3) is 0.0357. The molecule has 0 radical (unpaired) electrons. The van der Waals surface area contributed by atoms with Gasteiger partial charge in [0.15, 0.2) is 0 Å². The maximum atomic E-state index is 6.55. The van der Waals surface area contributed by atoms with Gasteiger partial charge in [0.05, 0.1) is 0 Å². The van der Waals surface area contributed by atoms with Crippen molar-refractivity contribution in [2.24, 2.45) is 0 Å². The van der Waals surface area contributed by atoms with Crippen molar-refractivity contribution in [3.05, 3.63) is 120 Å². The van der Waals surface area contributed by atoms with Gasteiger partial charge in [-0.05, 0) is 75.4 Å². The first-order valence-electron chi connectivity index (χ1n) is 10.3. The van der Waals surface area contributed by atoms with Gasteiger partial charge in [-0.25, -0.2) is 0 Å². The van der Waals surface area contributed by atoms with E-state index in [0.29, 0.717) is 0 Å². The van der Waals surface area contributed by atoms with Crippen molar-refractivity contribution in [1.29, 1.82) is 0 Å². The predicted octanol–water partition coefficient (Wildman–Crippen LogP) is 7.24. The Hall–Kier alpha value is -3.62. The number of hydrogen-bond acceptors (Lipinski definition) is 2. The summed E-state index contributed by atoms with van der Waals surface area (Å²) < 4.78 is 0. The summed E-state index contributed by atoms with van der Waals surface area (Å²) in [5.74, 6) is 0. The first kappa shape index (κ1) is 19.3. The fourth-order valence-corrected chi connectivity index (χ4v) is 4.10. The Balaban J connectivity index is 1.54. The van der Waals surface area contributed by atoms with E-state index >= 15 is 0 Å². The molecule has 2 nitrogen and oxygen atoms in total. The summed E-state index contributed by atoms with van der Waals surface area (Å²) in [6.45, 7) is 0.874. The van der Waals surface area contributed by atoms with Gasteiger partial charge < -0.3 is 5.32 Å². The monoisotopic (exact) mass is 420 g/mol. The van der Waals surface area contributed by atoms with Crippen molar-refractivity contribution >= 4 is 17.2 Å². The van der Waals surface area contributed by atoms with Crippen LogP contribution in [-0.4, -0.2) is 11.5 Å². The first-order valence-corrected chi connectivity index (χ1v) is 10.7. The second-order valence-corrected chi connectivity index (χ2v) is 7.98. The quantitative estimate of drug-likeness (QED) is 0.376. The van der Waals surface area contributed by atoms with Crippen LogP contribution in [-0.2, 0) is 0 Å². The third kappa shape index (κ3) is 4.30. The summed E-state index contributed by atoms with van der Waals surface area (Å²) in [6, 6.07) is 27.3. The van der Waals surface area contributed by atoms with E-state index in [0.717, 1.165) is 44.9 Å². The van der Waals surface area contributed by atoms with Crippen molar-refractivity contribution in [1.82, 2.24) is 10.3 Å². The minimum atomic E-state index is 0.725. The highest BCUT2D eigenvalue weighted by Crippen LogP contribution is 2.33. The van der Waals surface area contributed by atoms with Crippen LogP contribution in [0.5, 0.6) is 0 Å². The molecule has 150 valence electrons. The Morgan fingerprint density at radius 1 is 0.677 bits per heavy atom. The van der Waals surface area contributed by atoms with Gasteiger partial charge in [-0.2, -0.15) is 0 Å². The van der Waals surface area contributed by atoms with Crippen LogP contribution in [0.3, 0.4) is 0 Å². The predicted molar refractivity (Wildman–Crippen MR) is 131 cm³/mol. The van der Waals surface area contributed by atoms with Gasteiger partial charge in [0, 0.05) is 35.7 Å². The van der Waals surface area contributed by atoms with E-state index in [1.165, 1.54) is 11.1 Å². The molecule has 0 aliphatic carbocycles. The Morgan fingerprint density at radius 2 is 1.29 bits per heavy atom. The maximum Gasteiger partial charge on any atom is 0.0418 e. The zero-order chi connectivity index (χ0) is 21.0. The molecule has 2 heterocycles. The van der Waals surface area contributed by atoms with Crippen molar-refractivity contribution in [2.75, 3.05) is 6.54 Å². The van der Waals surface area contributed by atoms with Crippen LogP contribution in [0, 0.1) is 0 Å². The third-order valence-electron chi connectivity index (χ3n) is 5.41. The van der Waals surface area contributed by atoms with E-state index in [2.05, 4.69) is 89.3 Å². The van der Waals surface area contributed by atoms with Crippen LogP contribution in [0.2, 0.25) is 5.02 Å². The molecule has 5 rings (SSSR count). The van der Waals surface area contributed by atoms with E-state index in [1.54, 1.807) is 6.20 Å². The van der Waals surface area contributed by atoms with Gasteiger partial charge in [-0.15, -0.1) is 0 Å². The summed E-state index contributed by atoms with van der Waals surface area (Å²) in [5, 5.41) is 4.00. The molecule has 0 spiro atoms. The number of halogens is 1. The van der Waals surface area contributed by atoms with Crippen molar-refractivity contribution in [3.8, 4) is 33.4 Å². The molecule has 0 saturated heterocycles. The molecule has 1 aliphatic heterocycles. The zero-order valence-corrected chi connectivity index (χ0v) is 17.7. The zero-order valence-electron chi connectivity index (χ0n) is 16.9. The van der Waals surface area contributed by atoms with Gasteiger partial charge in [-0.1, -0.05) is 66.2 Å². The summed E-state index contributed by atoms with van der Waals surface area (Å²) in [6.07, 6.45) is 10.0. The molecule has 0 atom stereocenters. The molecule has 3 heteroatoms. The molecular weight excluding hydrogens is 400 g/mol. The first-order chi connectivity index (χ1) is 15.3. The Morgan fingerprint density at radius 3 is 1.94 bits per heavy atom. The average Bonchev–Trinajstić information content (AvgIpc) is 2.85. The number of hydrogen-bond donors (Lipinski definition) is 1. The molecule has 1 aliphatic rings. The summed E-state index contributed by atoms with van der Waals surface area (Å²) >= 11 is 6.55. The number of pyridine rings is 1. The lowest BCUT2D eigenvalue weighted by molar-refractivity contribution is 0.976. The Labute approximate surface area is 187 Å². The number of allylic oxidation sites excluding steroid dienone is 2. The van der Waals surface area contributed by atoms with Gasteiger partial charge in [0.2, 0.25) is 0 Å². The van der Waals surface area contributed by atoms with Crippen molar-refractivity contribution in [3.63, 3.8) is 0 Å². The molecule has 31 heavy (non-hydrogen) atoms. The Kier molecular flexibility index (Phi) is 5.39. The van der Waals surface area contributed by atoms with E-state index in [9.17, 15) is 0 Å². The molecule has 0 bridgehead atoms. The van der Waals surface area contributed by atoms with Gasteiger partial charge in [0.25, 0.3) is 0 Å². The topological polar surface area (TPSA) is 24.9 Å². The van der Waals surface area contributed by atoms with Crippen LogP contribution in [0.25, 0.3) is 39.0 Å². The largest absolute Gasteiger partial charge is 0.387 e. The minimum absolute atomic E-state index is 0.725. The molecule has 1 aromatic heterocycles. The fourth-order valence-electron chi connectivity index (χ4n) is 3.86. The van der Waals surface area contributed by atoms with E-state index in [-0.39, 0.29) is 0 Å². The number of rotatable bonds is 4. The summed E-state index contributed by atoms with van der Waals surface area (Å²) in [4.78, 5) is 4.24. The minimum Gasteiger partial charge on any atom is -0.387 e. The lowest BCUT2D eigenvalue weighted by atomic mass is 9.95. The van der Waals surface area contributed by atoms with Crippen LogP contribution in [0.1, 0.15) is 5.56 Å². The highest BCUT2D eigenvalue weighted by Gasteiger charge is 2.08. The van der Waals surface area contributed by atoms with Crippen LogP contribution in [0.4, 0.5) is 0 Å². The SMILES string of the molecule is Clc1cc(-c2cccc(C3=CNCC=C3)c2)cc(-c2cccc(-c3cccnc3)c2)c1. The highest BCUT2D eigenvalue weighted by molar-refractivity contribution is 6.31. The normalized spacial score (nSPS) is 12.9. The lowest BCUT2D eigenvalue weighted by Gasteiger charge is -2.12. The smallest absolute Gasteiger partial charge is 0.0418 e. The van der Waals surface area contributed by atoms with Crippen molar-refractivity contribution < 1.29 is 0 Å².